The number of benzene rings is 1. The molecule has 2 aromatic rings. The van der Waals surface area contributed by atoms with Gasteiger partial charge in [0.25, 0.3) is 0 Å². The Labute approximate surface area is 144 Å². The van der Waals surface area contributed by atoms with Crippen molar-refractivity contribution in [1.82, 2.24) is 10.3 Å². The maximum absolute atomic E-state index is 12.0. The van der Waals surface area contributed by atoms with Gasteiger partial charge in [-0.2, -0.15) is 0 Å². The molecular formula is C17H19N3O3S. The molecule has 1 amide bonds. The van der Waals surface area contributed by atoms with E-state index in [1.807, 2.05) is 36.6 Å². The SMILES string of the molecule is C=CCNC(CC(=O)Nc1nc(-c2ccc(C)cc2)cs1)C(=O)O. The Morgan fingerprint density at radius 3 is 2.71 bits per heavy atom. The van der Waals surface area contributed by atoms with Crippen LogP contribution in [-0.2, 0) is 9.59 Å². The van der Waals surface area contributed by atoms with Crippen molar-refractivity contribution in [2.24, 2.45) is 0 Å². The average Bonchev–Trinajstić information content (AvgIpc) is 3.00. The third-order valence-corrected chi connectivity index (χ3v) is 4.05. The minimum absolute atomic E-state index is 0.178. The van der Waals surface area contributed by atoms with Gasteiger partial charge in [0.05, 0.1) is 12.1 Å². The van der Waals surface area contributed by atoms with E-state index in [4.69, 9.17) is 5.11 Å². The molecule has 1 atom stereocenters. The Bertz CT molecular complexity index is 725. The highest BCUT2D eigenvalue weighted by atomic mass is 32.1. The second-order valence-electron chi connectivity index (χ2n) is 5.24. The molecule has 0 saturated carbocycles. The molecule has 6 nitrogen and oxygen atoms in total. The summed E-state index contributed by atoms with van der Waals surface area (Å²) in [5, 5.41) is 16.8. The van der Waals surface area contributed by atoms with Gasteiger partial charge in [-0.25, -0.2) is 4.98 Å². The number of aromatic nitrogens is 1. The van der Waals surface area contributed by atoms with Crippen LogP contribution in [0.15, 0.2) is 42.3 Å². The molecule has 0 aliphatic rings. The summed E-state index contributed by atoms with van der Waals surface area (Å²) in [6.45, 7) is 5.84. The van der Waals surface area contributed by atoms with Crippen LogP contribution in [0, 0.1) is 6.92 Å². The van der Waals surface area contributed by atoms with Crippen LogP contribution in [0.1, 0.15) is 12.0 Å². The van der Waals surface area contributed by atoms with Crippen molar-refractivity contribution in [2.45, 2.75) is 19.4 Å². The van der Waals surface area contributed by atoms with Gasteiger partial charge in [-0.05, 0) is 6.92 Å². The highest BCUT2D eigenvalue weighted by molar-refractivity contribution is 7.14. The van der Waals surface area contributed by atoms with E-state index in [9.17, 15) is 9.59 Å². The van der Waals surface area contributed by atoms with Crippen molar-refractivity contribution in [1.29, 1.82) is 0 Å². The highest BCUT2D eigenvalue weighted by Crippen LogP contribution is 2.25. The van der Waals surface area contributed by atoms with E-state index in [1.165, 1.54) is 11.3 Å². The van der Waals surface area contributed by atoms with Crippen LogP contribution in [0.4, 0.5) is 5.13 Å². The number of amides is 1. The molecule has 0 fully saturated rings. The quantitative estimate of drug-likeness (QED) is 0.640. The van der Waals surface area contributed by atoms with E-state index >= 15 is 0 Å². The molecule has 0 spiro atoms. The number of rotatable bonds is 8. The van der Waals surface area contributed by atoms with Gasteiger partial charge in [-0.15, -0.1) is 17.9 Å². The van der Waals surface area contributed by atoms with E-state index in [0.29, 0.717) is 11.7 Å². The summed E-state index contributed by atoms with van der Waals surface area (Å²) in [5.41, 5.74) is 2.90. The molecule has 0 saturated heterocycles. The number of thiazole rings is 1. The van der Waals surface area contributed by atoms with Gasteiger partial charge in [-0.3, -0.25) is 9.59 Å². The Hall–Kier alpha value is -2.51. The lowest BCUT2D eigenvalue weighted by atomic mass is 10.1. The summed E-state index contributed by atoms with van der Waals surface area (Å²) in [6, 6.07) is 6.97. The first-order valence-electron chi connectivity index (χ1n) is 7.39. The van der Waals surface area contributed by atoms with Crippen LogP contribution in [0.2, 0.25) is 0 Å². The van der Waals surface area contributed by atoms with Crippen LogP contribution in [0.25, 0.3) is 11.3 Å². The van der Waals surface area contributed by atoms with Crippen molar-refractivity contribution >= 4 is 28.3 Å². The number of anilines is 1. The molecule has 1 aromatic heterocycles. The Morgan fingerprint density at radius 2 is 2.08 bits per heavy atom. The zero-order valence-corrected chi connectivity index (χ0v) is 14.1. The number of aryl methyl sites for hydroxylation is 1. The number of carboxylic acid groups (broad SMARTS) is 1. The third kappa shape index (κ3) is 5.00. The standard InChI is InChI=1S/C17H19N3O3S/c1-3-8-18-13(16(22)23)9-15(21)20-17-19-14(10-24-17)12-6-4-11(2)5-7-12/h3-7,10,13,18H,1,8-9H2,2H3,(H,22,23)(H,19,20,21). The Balaban J connectivity index is 1.98. The second kappa shape index (κ2) is 8.37. The van der Waals surface area contributed by atoms with Crippen molar-refractivity contribution in [3.05, 3.63) is 47.9 Å². The summed E-state index contributed by atoms with van der Waals surface area (Å²) in [5.74, 6) is -1.48. The largest absolute Gasteiger partial charge is 0.480 e. The first-order chi connectivity index (χ1) is 11.5. The third-order valence-electron chi connectivity index (χ3n) is 3.29. The first kappa shape index (κ1) is 17.8. The summed E-state index contributed by atoms with van der Waals surface area (Å²) in [7, 11) is 0. The normalized spacial score (nSPS) is 11.7. The van der Waals surface area contributed by atoms with Crippen LogP contribution in [-0.4, -0.2) is 34.6 Å². The number of hydrogen-bond donors (Lipinski definition) is 3. The Morgan fingerprint density at radius 1 is 1.38 bits per heavy atom. The molecule has 3 N–H and O–H groups in total. The molecule has 0 aliphatic heterocycles. The fourth-order valence-electron chi connectivity index (χ4n) is 2.02. The Kier molecular flexibility index (Phi) is 6.22. The molecule has 0 aliphatic carbocycles. The summed E-state index contributed by atoms with van der Waals surface area (Å²) in [6.07, 6.45) is 1.37. The molecule has 126 valence electrons. The maximum atomic E-state index is 12.0. The van der Waals surface area contributed by atoms with Crippen molar-refractivity contribution in [2.75, 3.05) is 11.9 Å². The first-order valence-corrected chi connectivity index (χ1v) is 8.27. The zero-order valence-electron chi connectivity index (χ0n) is 13.3. The van der Waals surface area contributed by atoms with Crippen molar-refractivity contribution < 1.29 is 14.7 Å². The smallest absolute Gasteiger partial charge is 0.321 e. The zero-order chi connectivity index (χ0) is 17.5. The van der Waals surface area contributed by atoms with E-state index in [-0.39, 0.29) is 6.42 Å². The van der Waals surface area contributed by atoms with Gasteiger partial charge in [0.15, 0.2) is 5.13 Å². The number of carboxylic acids is 1. The van der Waals surface area contributed by atoms with Crippen LogP contribution >= 0.6 is 11.3 Å². The minimum Gasteiger partial charge on any atom is -0.480 e. The van der Waals surface area contributed by atoms with Gasteiger partial charge in [0, 0.05) is 17.5 Å². The maximum Gasteiger partial charge on any atom is 0.321 e. The lowest BCUT2D eigenvalue weighted by Gasteiger charge is -2.12. The van der Waals surface area contributed by atoms with Crippen molar-refractivity contribution in [3.63, 3.8) is 0 Å². The molecule has 1 aromatic carbocycles. The molecule has 0 bridgehead atoms. The number of nitrogens with one attached hydrogen (secondary N) is 2. The van der Waals surface area contributed by atoms with E-state index in [2.05, 4.69) is 22.2 Å². The van der Waals surface area contributed by atoms with Crippen LogP contribution < -0.4 is 10.6 Å². The highest BCUT2D eigenvalue weighted by Gasteiger charge is 2.20. The van der Waals surface area contributed by atoms with E-state index in [0.717, 1.165) is 16.8 Å². The van der Waals surface area contributed by atoms with Crippen LogP contribution in [0.3, 0.4) is 0 Å². The second-order valence-corrected chi connectivity index (χ2v) is 6.10. The van der Waals surface area contributed by atoms with Gasteiger partial charge in [0.2, 0.25) is 5.91 Å². The topological polar surface area (TPSA) is 91.3 Å². The summed E-state index contributed by atoms with van der Waals surface area (Å²) >= 11 is 1.30. The van der Waals surface area contributed by atoms with Crippen molar-refractivity contribution in [3.8, 4) is 11.3 Å². The van der Waals surface area contributed by atoms with E-state index in [1.54, 1.807) is 6.08 Å². The predicted molar refractivity (Wildman–Crippen MR) is 95.2 cm³/mol. The molecular weight excluding hydrogens is 326 g/mol. The fourth-order valence-corrected chi connectivity index (χ4v) is 2.75. The molecule has 7 heteroatoms. The van der Waals surface area contributed by atoms with Gasteiger partial charge in [0.1, 0.15) is 6.04 Å². The lowest BCUT2D eigenvalue weighted by molar-refractivity contribution is -0.140. The minimum atomic E-state index is -1.08. The fraction of sp³-hybridized carbons (Fsp3) is 0.235. The van der Waals surface area contributed by atoms with Gasteiger partial charge >= 0.3 is 5.97 Å². The molecule has 24 heavy (non-hydrogen) atoms. The summed E-state index contributed by atoms with van der Waals surface area (Å²) < 4.78 is 0. The molecule has 1 heterocycles. The average molecular weight is 345 g/mol. The summed E-state index contributed by atoms with van der Waals surface area (Å²) in [4.78, 5) is 27.5. The predicted octanol–water partition coefficient (Wildman–Crippen LogP) is 2.68. The monoisotopic (exact) mass is 345 g/mol. The number of hydrogen-bond acceptors (Lipinski definition) is 5. The van der Waals surface area contributed by atoms with Gasteiger partial charge in [-0.1, -0.05) is 35.9 Å². The number of aliphatic carboxylic acids is 1. The molecule has 2 rings (SSSR count). The van der Waals surface area contributed by atoms with E-state index < -0.39 is 17.9 Å². The van der Waals surface area contributed by atoms with Crippen LogP contribution in [0.5, 0.6) is 0 Å². The number of nitrogens with zero attached hydrogens (tertiary/aromatic N) is 1. The number of carbonyl (C=O) groups excluding carboxylic acids is 1. The van der Waals surface area contributed by atoms with Gasteiger partial charge < -0.3 is 15.7 Å². The lowest BCUT2D eigenvalue weighted by Crippen LogP contribution is -2.39. The number of carbonyl (C=O) groups is 2. The molecule has 1 unspecified atom stereocenters. The molecule has 0 radical (unpaired) electrons.